The third-order valence-corrected chi connectivity index (χ3v) is 6.97. The standard InChI is InChI=1S/C13H15N3O5S2/c1-8-14-12(15-21-8)10-5-11(22-7-10)23(19,20)16-4-2-3-9(6-16)13(17)18/h5,7,9H,2-4,6H2,1H3,(H,17,18)/t9-/m1/s1. The van der Waals surface area contributed by atoms with Gasteiger partial charge in [0.25, 0.3) is 10.0 Å². The number of thiophene rings is 1. The highest BCUT2D eigenvalue weighted by atomic mass is 32.2. The molecule has 1 atom stereocenters. The van der Waals surface area contributed by atoms with E-state index in [1.54, 1.807) is 12.3 Å². The van der Waals surface area contributed by atoms with Gasteiger partial charge in [-0.25, -0.2) is 8.42 Å². The summed E-state index contributed by atoms with van der Waals surface area (Å²) in [5.41, 5.74) is 0.567. The molecule has 3 heterocycles. The molecule has 2 aromatic rings. The second-order valence-electron chi connectivity index (χ2n) is 5.33. The van der Waals surface area contributed by atoms with Gasteiger partial charge in [0.2, 0.25) is 11.7 Å². The molecule has 124 valence electrons. The highest BCUT2D eigenvalue weighted by Gasteiger charge is 2.34. The molecular weight excluding hydrogens is 342 g/mol. The average Bonchev–Trinajstić information content (AvgIpc) is 3.16. The monoisotopic (exact) mass is 357 g/mol. The lowest BCUT2D eigenvalue weighted by molar-refractivity contribution is -0.142. The summed E-state index contributed by atoms with van der Waals surface area (Å²) in [4.78, 5) is 15.2. The lowest BCUT2D eigenvalue weighted by Gasteiger charge is -2.29. The van der Waals surface area contributed by atoms with Gasteiger partial charge in [-0.15, -0.1) is 11.3 Å². The molecule has 1 fully saturated rings. The summed E-state index contributed by atoms with van der Waals surface area (Å²) in [5, 5.41) is 14.5. The maximum atomic E-state index is 12.7. The topological polar surface area (TPSA) is 114 Å². The van der Waals surface area contributed by atoms with Crippen molar-refractivity contribution in [3.63, 3.8) is 0 Å². The third kappa shape index (κ3) is 3.14. The molecule has 8 nitrogen and oxygen atoms in total. The molecule has 3 rings (SSSR count). The van der Waals surface area contributed by atoms with Crippen molar-refractivity contribution in [1.29, 1.82) is 0 Å². The summed E-state index contributed by atoms with van der Waals surface area (Å²) >= 11 is 1.07. The Labute approximate surface area is 136 Å². The van der Waals surface area contributed by atoms with Gasteiger partial charge in [0, 0.05) is 31.0 Å². The molecule has 0 unspecified atom stereocenters. The van der Waals surface area contributed by atoms with E-state index in [1.807, 2.05) is 0 Å². The Balaban J connectivity index is 1.85. The zero-order chi connectivity index (χ0) is 16.6. The molecule has 0 saturated carbocycles. The Morgan fingerprint density at radius 1 is 1.52 bits per heavy atom. The predicted molar refractivity (Wildman–Crippen MR) is 81.5 cm³/mol. The van der Waals surface area contributed by atoms with E-state index >= 15 is 0 Å². The van der Waals surface area contributed by atoms with Crippen molar-refractivity contribution in [2.75, 3.05) is 13.1 Å². The summed E-state index contributed by atoms with van der Waals surface area (Å²) in [6.45, 7) is 1.99. The largest absolute Gasteiger partial charge is 0.481 e. The maximum Gasteiger partial charge on any atom is 0.307 e. The molecule has 1 saturated heterocycles. The van der Waals surface area contributed by atoms with E-state index in [0.29, 0.717) is 36.7 Å². The molecule has 1 aliphatic heterocycles. The van der Waals surface area contributed by atoms with Gasteiger partial charge < -0.3 is 9.63 Å². The molecule has 0 spiro atoms. The molecule has 1 N–H and O–H groups in total. The van der Waals surface area contributed by atoms with Gasteiger partial charge >= 0.3 is 5.97 Å². The Morgan fingerprint density at radius 3 is 2.96 bits per heavy atom. The molecule has 0 aliphatic carbocycles. The smallest absolute Gasteiger partial charge is 0.307 e. The van der Waals surface area contributed by atoms with E-state index in [1.165, 1.54) is 10.4 Å². The summed E-state index contributed by atoms with van der Waals surface area (Å²) in [6.07, 6.45) is 1.04. The van der Waals surface area contributed by atoms with Gasteiger partial charge in [-0.3, -0.25) is 4.79 Å². The van der Waals surface area contributed by atoms with Crippen LogP contribution in [0.3, 0.4) is 0 Å². The fourth-order valence-electron chi connectivity index (χ4n) is 2.48. The SMILES string of the molecule is Cc1nc(-c2csc(S(=O)(=O)N3CCC[C@@H](C(=O)O)C3)c2)no1. The number of carboxylic acids is 1. The fraction of sp³-hybridized carbons (Fsp3) is 0.462. The number of aliphatic carboxylic acids is 1. The molecule has 0 amide bonds. The van der Waals surface area contributed by atoms with Crippen LogP contribution >= 0.6 is 11.3 Å². The van der Waals surface area contributed by atoms with Crippen LogP contribution < -0.4 is 0 Å². The van der Waals surface area contributed by atoms with Gasteiger partial charge in [0.05, 0.1) is 5.92 Å². The zero-order valence-corrected chi connectivity index (χ0v) is 13.9. The van der Waals surface area contributed by atoms with Crippen molar-refractivity contribution in [3.8, 4) is 11.4 Å². The lowest BCUT2D eigenvalue weighted by Crippen LogP contribution is -2.42. The molecule has 0 aromatic carbocycles. The Hall–Kier alpha value is -1.78. The summed E-state index contributed by atoms with van der Waals surface area (Å²) in [5.74, 6) is -0.880. The van der Waals surface area contributed by atoms with Crippen molar-refractivity contribution in [2.24, 2.45) is 5.92 Å². The first-order valence-electron chi connectivity index (χ1n) is 7.00. The van der Waals surface area contributed by atoms with Crippen LogP contribution in [0.15, 0.2) is 20.2 Å². The molecule has 0 radical (unpaired) electrons. The van der Waals surface area contributed by atoms with Crippen molar-refractivity contribution in [1.82, 2.24) is 14.4 Å². The number of piperidine rings is 1. The van der Waals surface area contributed by atoms with Crippen LogP contribution in [0.25, 0.3) is 11.4 Å². The van der Waals surface area contributed by atoms with E-state index in [4.69, 9.17) is 9.63 Å². The van der Waals surface area contributed by atoms with Crippen LogP contribution in [0.1, 0.15) is 18.7 Å². The number of hydrogen-bond acceptors (Lipinski definition) is 7. The third-order valence-electron chi connectivity index (χ3n) is 3.69. The molecule has 10 heteroatoms. The number of aromatic nitrogens is 2. The van der Waals surface area contributed by atoms with E-state index in [-0.39, 0.29) is 10.8 Å². The average molecular weight is 357 g/mol. The fourth-order valence-corrected chi connectivity index (χ4v) is 5.31. The van der Waals surface area contributed by atoms with Gasteiger partial charge in [-0.1, -0.05) is 5.16 Å². The number of nitrogens with zero attached hydrogens (tertiary/aromatic N) is 3. The second kappa shape index (κ2) is 6.02. The van der Waals surface area contributed by atoms with Gasteiger partial charge in [0.1, 0.15) is 4.21 Å². The van der Waals surface area contributed by atoms with Gasteiger partial charge in [-0.2, -0.15) is 9.29 Å². The number of sulfonamides is 1. The van der Waals surface area contributed by atoms with E-state index in [0.717, 1.165) is 11.3 Å². The van der Waals surface area contributed by atoms with Crippen molar-refractivity contribution >= 4 is 27.3 Å². The minimum absolute atomic E-state index is 0.00617. The van der Waals surface area contributed by atoms with Crippen LogP contribution in [0.4, 0.5) is 0 Å². The molecule has 23 heavy (non-hydrogen) atoms. The Morgan fingerprint density at radius 2 is 2.30 bits per heavy atom. The lowest BCUT2D eigenvalue weighted by atomic mass is 10.0. The molecular formula is C13H15N3O5S2. The van der Waals surface area contributed by atoms with E-state index < -0.39 is 21.9 Å². The number of aryl methyl sites for hydroxylation is 1. The first kappa shape index (κ1) is 16.1. The normalized spacial score (nSPS) is 19.8. The number of carboxylic acid groups (broad SMARTS) is 1. The van der Waals surface area contributed by atoms with Crippen molar-refractivity contribution in [2.45, 2.75) is 24.0 Å². The predicted octanol–water partition coefficient (Wildman–Crippen LogP) is 1.59. The van der Waals surface area contributed by atoms with Crippen molar-refractivity contribution < 1.29 is 22.8 Å². The van der Waals surface area contributed by atoms with E-state index in [2.05, 4.69) is 10.1 Å². The van der Waals surface area contributed by atoms with Crippen LogP contribution in [0.2, 0.25) is 0 Å². The molecule has 0 bridgehead atoms. The van der Waals surface area contributed by atoms with E-state index in [9.17, 15) is 13.2 Å². The quantitative estimate of drug-likeness (QED) is 0.884. The summed E-state index contributed by atoms with van der Waals surface area (Å²) in [6, 6.07) is 1.49. The summed E-state index contributed by atoms with van der Waals surface area (Å²) < 4.78 is 31.7. The highest BCUT2D eigenvalue weighted by Crippen LogP contribution is 2.31. The Kier molecular flexibility index (Phi) is 4.21. The second-order valence-corrected chi connectivity index (χ2v) is 8.41. The minimum Gasteiger partial charge on any atom is -0.481 e. The summed E-state index contributed by atoms with van der Waals surface area (Å²) in [7, 11) is -3.71. The Bertz CT molecular complexity index is 826. The van der Waals surface area contributed by atoms with Gasteiger partial charge in [0.15, 0.2) is 0 Å². The molecule has 2 aromatic heterocycles. The van der Waals surface area contributed by atoms with Crippen LogP contribution in [0.5, 0.6) is 0 Å². The number of hydrogen-bond donors (Lipinski definition) is 1. The maximum absolute atomic E-state index is 12.7. The zero-order valence-electron chi connectivity index (χ0n) is 12.3. The number of rotatable bonds is 4. The highest BCUT2D eigenvalue weighted by molar-refractivity contribution is 7.91. The van der Waals surface area contributed by atoms with Crippen LogP contribution in [-0.4, -0.2) is 47.0 Å². The van der Waals surface area contributed by atoms with Crippen LogP contribution in [-0.2, 0) is 14.8 Å². The first-order valence-corrected chi connectivity index (χ1v) is 9.32. The minimum atomic E-state index is -3.71. The number of carbonyl (C=O) groups is 1. The van der Waals surface area contributed by atoms with Crippen molar-refractivity contribution in [3.05, 3.63) is 17.3 Å². The first-order chi connectivity index (χ1) is 10.9. The van der Waals surface area contributed by atoms with Crippen LogP contribution in [0, 0.1) is 12.8 Å². The molecule has 1 aliphatic rings. The van der Waals surface area contributed by atoms with Gasteiger partial charge in [-0.05, 0) is 18.9 Å².